The third kappa shape index (κ3) is 3.14. The molecule has 2 rings (SSSR count). The number of carboxylic acids is 1. The Bertz CT molecular complexity index is 467. The summed E-state index contributed by atoms with van der Waals surface area (Å²) in [6.45, 7) is 1.13. The summed E-state index contributed by atoms with van der Waals surface area (Å²) in [7, 11) is 1.55. The number of amides is 1. The van der Waals surface area contributed by atoms with Gasteiger partial charge in [-0.3, -0.25) is 9.59 Å². The van der Waals surface area contributed by atoms with Crippen LogP contribution in [0.15, 0.2) is 16.5 Å². The van der Waals surface area contributed by atoms with Crippen molar-refractivity contribution in [1.82, 2.24) is 4.90 Å². The van der Waals surface area contributed by atoms with Crippen LogP contribution in [0.25, 0.3) is 0 Å². The molecule has 0 bridgehead atoms. The van der Waals surface area contributed by atoms with E-state index in [1.807, 2.05) is 0 Å². The van der Waals surface area contributed by atoms with E-state index in [1.165, 1.54) is 4.90 Å². The molecule has 1 fully saturated rings. The van der Waals surface area contributed by atoms with Crippen LogP contribution < -0.4 is 0 Å². The highest BCUT2D eigenvalue weighted by Crippen LogP contribution is 2.20. The predicted molar refractivity (Wildman–Crippen MR) is 65.7 cm³/mol. The maximum absolute atomic E-state index is 12.2. The Morgan fingerprint density at radius 1 is 1.53 bits per heavy atom. The molecule has 104 valence electrons. The average Bonchev–Trinajstić information content (AvgIpc) is 2.87. The molecule has 1 atom stereocenters. The van der Waals surface area contributed by atoms with Gasteiger partial charge >= 0.3 is 5.97 Å². The first kappa shape index (κ1) is 13.6. The van der Waals surface area contributed by atoms with Crippen molar-refractivity contribution >= 4 is 11.9 Å². The van der Waals surface area contributed by atoms with E-state index in [9.17, 15) is 9.59 Å². The van der Waals surface area contributed by atoms with E-state index in [0.29, 0.717) is 31.8 Å². The molecule has 1 N–H and O–H groups in total. The number of furan rings is 1. The highest BCUT2D eigenvalue weighted by atomic mass is 16.5. The molecule has 6 heteroatoms. The lowest BCUT2D eigenvalue weighted by Gasteiger charge is -2.29. The predicted octanol–water partition coefficient (Wildman–Crippen LogP) is 1.36. The number of carbonyl (C=O) groups excluding carboxylic acids is 1. The summed E-state index contributed by atoms with van der Waals surface area (Å²) in [5.74, 6) is -0.771. The Balaban J connectivity index is 2.03. The van der Waals surface area contributed by atoms with Gasteiger partial charge in [-0.2, -0.15) is 0 Å². The number of methoxy groups -OCH3 is 1. The van der Waals surface area contributed by atoms with Gasteiger partial charge < -0.3 is 19.2 Å². The fourth-order valence-electron chi connectivity index (χ4n) is 2.23. The fraction of sp³-hybridized carbons (Fsp3) is 0.538. The zero-order valence-corrected chi connectivity index (χ0v) is 10.8. The average molecular weight is 267 g/mol. The molecule has 1 amide bonds. The molecule has 19 heavy (non-hydrogen) atoms. The molecule has 0 aromatic carbocycles. The van der Waals surface area contributed by atoms with Crippen molar-refractivity contribution in [1.29, 1.82) is 0 Å². The zero-order valence-electron chi connectivity index (χ0n) is 10.8. The lowest BCUT2D eigenvalue weighted by Crippen LogP contribution is -2.42. The number of rotatable bonds is 4. The standard InChI is InChI=1S/C13H17NO5/c1-18-8-10-4-5-11(19-10)12(15)14-6-2-3-9(7-14)13(16)17/h4-5,9H,2-3,6-8H2,1H3,(H,16,17)/t9-/m0/s1. The van der Waals surface area contributed by atoms with Crippen LogP contribution in [-0.2, 0) is 16.1 Å². The SMILES string of the molecule is COCc1ccc(C(=O)N2CCC[C@H](C(=O)O)C2)o1. The summed E-state index contributed by atoms with van der Waals surface area (Å²) in [6.07, 6.45) is 1.32. The van der Waals surface area contributed by atoms with Crippen molar-refractivity contribution in [2.24, 2.45) is 5.92 Å². The van der Waals surface area contributed by atoms with Gasteiger partial charge in [-0.1, -0.05) is 0 Å². The topological polar surface area (TPSA) is 80.0 Å². The van der Waals surface area contributed by atoms with E-state index in [-0.39, 0.29) is 18.2 Å². The molecule has 1 saturated heterocycles. The second kappa shape index (κ2) is 5.88. The second-order valence-corrected chi connectivity index (χ2v) is 4.63. The third-order valence-electron chi connectivity index (χ3n) is 3.22. The summed E-state index contributed by atoms with van der Waals surface area (Å²) in [5, 5.41) is 9.00. The van der Waals surface area contributed by atoms with Gasteiger partial charge in [-0.25, -0.2) is 0 Å². The summed E-state index contributed by atoms with van der Waals surface area (Å²) < 4.78 is 10.3. The van der Waals surface area contributed by atoms with E-state index in [0.717, 1.165) is 0 Å². The highest BCUT2D eigenvalue weighted by Gasteiger charge is 2.29. The quantitative estimate of drug-likeness (QED) is 0.891. The summed E-state index contributed by atoms with van der Waals surface area (Å²) >= 11 is 0. The van der Waals surface area contributed by atoms with Crippen LogP contribution in [-0.4, -0.2) is 42.1 Å². The van der Waals surface area contributed by atoms with E-state index < -0.39 is 11.9 Å². The maximum Gasteiger partial charge on any atom is 0.308 e. The molecule has 6 nitrogen and oxygen atoms in total. The van der Waals surface area contributed by atoms with E-state index in [1.54, 1.807) is 19.2 Å². The fourth-order valence-corrected chi connectivity index (χ4v) is 2.23. The summed E-state index contributed by atoms with van der Waals surface area (Å²) in [6, 6.07) is 3.29. The van der Waals surface area contributed by atoms with Crippen molar-refractivity contribution in [2.75, 3.05) is 20.2 Å². The van der Waals surface area contributed by atoms with Gasteiger partial charge in [-0.05, 0) is 25.0 Å². The lowest BCUT2D eigenvalue weighted by atomic mass is 9.98. The molecule has 0 spiro atoms. The zero-order chi connectivity index (χ0) is 13.8. The second-order valence-electron chi connectivity index (χ2n) is 4.63. The number of carbonyl (C=O) groups is 2. The monoisotopic (exact) mass is 267 g/mol. The molecule has 2 heterocycles. The van der Waals surface area contributed by atoms with E-state index in [4.69, 9.17) is 14.3 Å². The minimum absolute atomic E-state index is 0.234. The van der Waals surface area contributed by atoms with Gasteiger partial charge in [0.1, 0.15) is 12.4 Å². The maximum atomic E-state index is 12.2. The van der Waals surface area contributed by atoms with Gasteiger partial charge in [-0.15, -0.1) is 0 Å². The normalized spacial score (nSPS) is 19.4. The minimum Gasteiger partial charge on any atom is -0.481 e. The van der Waals surface area contributed by atoms with E-state index >= 15 is 0 Å². The van der Waals surface area contributed by atoms with Crippen LogP contribution in [0.1, 0.15) is 29.2 Å². The molecule has 1 aromatic heterocycles. The van der Waals surface area contributed by atoms with Crippen LogP contribution in [0.5, 0.6) is 0 Å². The molecule has 0 saturated carbocycles. The smallest absolute Gasteiger partial charge is 0.308 e. The first-order valence-corrected chi connectivity index (χ1v) is 6.21. The number of hydrogen-bond acceptors (Lipinski definition) is 4. The molecule has 0 radical (unpaired) electrons. The molecular formula is C13H17NO5. The number of nitrogens with zero attached hydrogens (tertiary/aromatic N) is 1. The number of aliphatic carboxylic acids is 1. The summed E-state index contributed by atoms with van der Waals surface area (Å²) in [4.78, 5) is 24.7. The highest BCUT2D eigenvalue weighted by molar-refractivity contribution is 5.92. The number of likely N-dealkylation sites (tertiary alicyclic amines) is 1. The van der Waals surface area contributed by atoms with Gasteiger partial charge in [0.05, 0.1) is 5.92 Å². The number of carboxylic acid groups (broad SMARTS) is 1. The third-order valence-corrected chi connectivity index (χ3v) is 3.22. The Morgan fingerprint density at radius 2 is 2.32 bits per heavy atom. The van der Waals surface area contributed by atoms with E-state index in [2.05, 4.69) is 0 Å². The molecule has 1 aliphatic rings. The minimum atomic E-state index is -0.850. The van der Waals surface area contributed by atoms with Crippen LogP contribution in [0.4, 0.5) is 0 Å². The Kier molecular flexibility index (Phi) is 4.21. The Morgan fingerprint density at radius 3 is 3.00 bits per heavy atom. The van der Waals surface area contributed by atoms with Crippen LogP contribution >= 0.6 is 0 Å². The number of ether oxygens (including phenoxy) is 1. The van der Waals surface area contributed by atoms with Gasteiger partial charge in [0.15, 0.2) is 5.76 Å². The van der Waals surface area contributed by atoms with Crippen molar-refractivity contribution in [2.45, 2.75) is 19.4 Å². The molecule has 0 aliphatic carbocycles. The lowest BCUT2D eigenvalue weighted by molar-refractivity contribution is -0.143. The van der Waals surface area contributed by atoms with Gasteiger partial charge in [0.25, 0.3) is 5.91 Å². The largest absolute Gasteiger partial charge is 0.481 e. The molecule has 0 unspecified atom stereocenters. The van der Waals surface area contributed by atoms with Gasteiger partial charge in [0, 0.05) is 20.2 Å². The first-order chi connectivity index (χ1) is 9.11. The van der Waals surface area contributed by atoms with Crippen LogP contribution in [0.2, 0.25) is 0 Å². The molecular weight excluding hydrogens is 250 g/mol. The van der Waals surface area contributed by atoms with Crippen molar-refractivity contribution in [3.8, 4) is 0 Å². The number of hydrogen-bond donors (Lipinski definition) is 1. The van der Waals surface area contributed by atoms with Crippen LogP contribution in [0.3, 0.4) is 0 Å². The Labute approximate surface area is 110 Å². The van der Waals surface area contributed by atoms with Crippen molar-refractivity contribution < 1.29 is 23.8 Å². The Hall–Kier alpha value is -1.82. The van der Waals surface area contributed by atoms with Gasteiger partial charge in [0.2, 0.25) is 0 Å². The molecule has 1 aliphatic heterocycles. The van der Waals surface area contributed by atoms with Crippen molar-refractivity contribution in [3.05, 3.63) is 23.7 Å². The number of piperidine rings is 1. The molecule has 1 aromatic rings. The first-order valence-electron chi connectivity index (χ1n) is 6.21. The van der Waals surface area contributed by atoms with Crippen LogP contribution in [0, 0.1) is 5.92 Å². The summed E-state index contributed by atoms with van der Waals surface area (Å²) in [5.41, 5.74) is 0. The van der Waals surface area contributed by atoms with Crippen molar-refractivity contribution in [3.63, 3.8) is 0 Å².